The molecule has 0 saturated heterocycles. The second kappa shape index (κ2) is 13.5. The second-order valence-corrected chi connectivity index (χ2v) is 11.4. The molecular formula is C35H36N4O4. The number of hydrogen-bond donors (Lipinski definition) is 2. The normalized spacial score (nSPS) is 18.2. The van der Waals surface area contributed by atoms with E-state index < -0.39 is 5.97 Å². The third kappa shape index (κ3) is 7.60. The zero-order valence-corrected chi connectivity index (χ0v) is 24.5. The van der Waals surface area contributed by atoms with E-state index in [-0.39, 0.29) is 18.6 Å². The number of carbonyl (C=O) groups excluding carboxylic acids is 1. The summed E-state index contributed by atoms with van der Waals surface area (Å²) < 4.78 is 0. The van der Waals surface area contributed by atoms with Gasteiger partial charge in [-0.05, 0) is 71.4 Å². The average molecular weight is 577 g/mol. The Kier molecular flexibility index (Phi) is 9.39. The minimum Gasteiger partial charge on any atom is -0.395 e. The van der Waals surface area contributed by atoms with Crippen LogP contribution >= 0.6 is 0 Å². The van der Waals surface area contributed by atoms with Crippen LogP contribution in [-0.4, -0.2) is 48.2 Å². The summed E-state index contributed by atoms with van der Waals surface area (Å²) in [4.78, 5) is 19.8. The molecule has 0 bridgehead atoms. The summed E-state index contributed by atoms with van der Waals surface area (Å²) in [5.41, 5.74) is 7.43. The van der Waals surface area contributed by atoms with Gasteiger partial charge in [0.1, 0.15) is 5.71 Å². The highest BCUT2D eigenvalue weighted by atomic mass is 16.7. The van der Waals surface area contributed by atoms with Crippen LogP contribution in [0.2, 0.25) is 0 Å². The number of benzene rings is 3. The number of oxime groups is 1. The molecule has 8 heteroatoms. The number of nitrogens with zero attached hydrogens (tertiary/aromatic N) is 4. The molecule has 3 aromatic carbocycles. The molecule has 1 aliphatic carbocycles. The SMILES string of the molecule is CC1(C)CC(/C=C/c2ccc(N=Nc3ccc(N(CCO)CCO)cc3)cc2)=CC(=C2\C(=O)ON=C2c2ccccc2)/C1. The monoisotopic (exact) mass is 576 g/mol. The van der Waals surface area contributed by atoms with E-state index in [9.17, 15) is 15.0 Å². The van der Waals surface area contributed by atoms with Crippen LogP contribution in [0.5, 0.6) is 0 Å². The number of carbonyl (C=O) groups is 1. The zero-order valence-electron chi connectivity index (χ0n) is 24.5. The molecule has 5 rings (SSSR count). The van der Waals surface area contributed by atoms with E-state index in [2.05, 4.69) is 47.5 Å². The number of allylic oxidation sites excluding steroid dienone is 4. The van der Waals surface area contributed by atoms with Crippen molar-refractivity contribution in [3.05, 3.63) is 119 Å². The maximum absolute atomic E-state index is 12.7. The van der Waals surface area contributed by atoms with Crippen LogP contribution < -0.4 is 4.90 Å². The van der Waals surface area contributed by atoms with Crippen molar-refractivity contribution in [2.45, 2.75) is 26.7 Å². The first-order valence-electron chi connectivity index (χ1n) is 14.4. The largest absolute Gasteiger partial charge is 0.395 e. The van der Waals surface area contributed by atoms with Crippen LogP contribution in [0.15, 0.2) is 123 Å². The van der Waals surface area contributed by atoms with Gasteiger partial charge in [-0.15, -0.1) is 0 Å². The lowest BCUT2D eigenvalue weighted by Crippen LogP contribution is -2.29. The van der Waals surface area contributed by atoms with Gasteiger partial charge >= 0.3 is 5.97 Å². The molecule has 0 radical (unpaired) electrons. The molecule has 1 heterocycles. The van der Waals surface area contributed by atoms with Crippen molar-refractivity contribution < 1.29 is 19.8 Å². The van der Waals surface area contributed by atoms with Gasteiger partial charge in [-0.25, -0.2) is 4.79 Å². The highest BCUT2D eigenvalue weighted by molar-refractivity contribution is 6.29. The Balaban J connectivity index is 1.29. The van der Waals surface area contributed by atoms with Gasteiger partial charge in [-0.2, -0.15) is 10.2 Å². The van der Waals surface area contributed by atoms with Crippen molar-refractivity contribution in [1.29, 1.82) is 0 Å². The highest BCUT2D eigenvalue weighted by Gasteiger charge is 2.34. The lowest BCUT2D eigenvalue weighted by Gasteiger charge is -2.31. The van der Waals surface area contributed by atoms with Crippen LogP contribution in [0.4, 0.5) is 17.1 Å². The molecule has 0 fully saturated rings. The van der Waals surface area contributed by atoms with Crippen LogP contribution in [0.1, 0.15) is 37.8 Å². The van der Waals surface area contributed by atoms with Crippen molar-refractivity contribution in [1.82, 2.24) is 0 Å². The number of rotatable bonds is 10. The zero-order chi connectivity index (χ0) is 30.2. The molecule has 0 amide bonds. The number of aliphatic hydroxyl groups excluding tert-OH is 2. The van der Waals surface area contributed by atoms with E-state index in [0.29, 0.717) is 30.1 Å². The minimum absolute atomic E-state index is 0.0165. The molecule has 0 atom stereocenters. The van der Waals surface area contributed by atoms with E-state index in [4.69, 9.17) is 4.84 Å². The van der Waals surface area contributed by atoms with E-state index >= 15 is 0 Å². The molecule has 2 aliphatic rings. The Morgan fingerprint density at radius 1 is 0.860 bits per heavy atom. The fraction of sp³-hybridized carbons (Fsp3) is 0.257. The van der Waals surface area contributed by atoms with Gasteiger partial charge in [-0.1, -0.05) is 79.7 Å². The van der Waals surface area contributed by atoms with Crippen molar-refractivity contribution in [2.75, 3.05) is 31.2 Å². The molecular weight excluding hydrogens is 540 g/mol. The van der Waals surface area contributed by atoms with Crippen molar-refractivity contribution in [2.24, 2.45) is 20.8 Å². The molecule has 1 aliphatic heterocycles. The molecule has 3 aromatic rings. The average Bonchev–Trinajstić information content (AvgIpc) is 3.40. The fourth-order valence-electron chi connectivity index (χ4n) is 5.39. The Bertz CT molecular complexity index is 1580. The van der Waals surface area contributed by atoms with Crippen molar-refractivity contribution in [3.63, 3.8) is 0 Å². The first kappa shape index (κ1) is 29.8. The summed E-state index contributed by atoms with van der Waals surface area (Å²) in [5, 5.41) is 31.3. The highest BCUT2D eigenvalue weighted by Crippen LogP contribution is 2.41. The third-order valence-corrected chi connectivity index (χ3v) is 7.36. The molecule has 0 spiro atoms. The van der Waals surface area contributed by atoms with E-state index in [1.807, 2.05) is 83.8 Å². The summed E-state index contributed by atoms with van der Waals surface area (Å²) in [6.45, 7) is 5.36. The summed E-state index contributed by atoms with van der Waals surface area (Å²) in [5.74, 6) is -0.405. The predicted molar refractivity (Wildman–Crippen MR) is 170 cm³/mol. The van der Waals surface area contributed by atoms with Gasteiger partial charge in [0.25, 0.3) is 0 Å². The predicted octanol–water partition coefficient (Wildman–Crippen LogP) is 6.91. The van der Waals surface area contributed by atoms with Gasteiger partial charge in [0, 0.05) is 24.3 Å². The molecule has 8 nitrogen and oxygen atoms in total. The number of aliphatic hydroxyl groups is 2. The summed E-state index contributed by atoms with van der Waals surface area (Å²) in [7, 11) is 0. The quantitative estimate of drug-likeness (QED) is 0.155. The van der Waals surface area contributed by atoms with Crippen molar-refractivity contribution >= 4 is 34.8 Å². The van der Waals surface area contributed by atoms with Gasteiger partial charge in [-0.3, -0.25) is 0 Å². The van der Waals surface area contributed by atoms with E-state index in [1.54, 1.807) is 0 Å². The maximum atomic E-state index is 12.7. The molecule has 0 unspecified atom stereocenters. The topological polar surface area (TPSA) is 107 Å². The van der Waals surface area contributed by atoms with Gasteiger partial charge in [0.2, 0.25) is 0 Å². The lowest BCUT2D eigenvalue weighted by atomic mass is 9.73. The van der Waals surface area contributed by atoms with Gasteiger partial charge < -0.3 is 20.0 Å². The Morgan fingerprint density at radius 3 is 2.12 bits per heavy atom. The summed E-state index contributed by atoms with van der Waals surface area (Å²) in [6, 6.07) is 25.0. The maximum Gasteiger partial charge on any atom is 0.368 e. The van der Waals surface area contributed by atoms with E-state index in [0.717, 1.165) is 46.5 Å². The van der Waals surface area contributed by atoms with Crippen LogP contribution in [0.25, 0.3) is 6.08 Å². The summed E-state index contributed by atoms with van der Waals surface area (Å²) >= 11 is 0. The molecule has 220 valence electrons. The molecule has 0 aromatic heterocycles. The lowest BCUT2D eigenvalue weighted by molar-refractivity contribution is -0.136. The smallest absolute Gasteiger partial charge is 0.368 e. The summed E-state index contributed by atoms with van der Waals surface area (Å²) in [6.07, 6.45) is 7.92. The number of anilines is 1. The number of hydrogen-bond acceptors (Lipinski definition) is 8. The van der Waals surface area contributed by atoms with Crippen LogP contribution in [0, 0.1) is 5.41 Å². The van der Waals surface area contributed by atoms with Crippen LogP contribution in [-0.2, 0) is 9.63 Å². The Hall–Kier alpha value is -4.66. The van der Waals surface area contributed by atoms with Gasteiger partial charge in [0.15, 0.2) is 0 Å². The first-order valence-corrected chi connectivity index (χ1v) is 14.4. The first-order chi connectivity index (χ1) is 20.8. The fourth-order valence-corrected chi connectivity index (χ4v) is 5.39. The third-order valence-electron chi connectivity index (χ3n) is 7.36. The number of azo groups is 1. The van der Waals surface area contributed by atoms with E-state index in [1.165, 1.54) is 0 Å². The Labute approximate surface area is 252 Å². The van der Waals surface area contributed by atoms with Crippen LogP contribution in [0.3, 0.4) is 0 Å². The Morgan fingerprint density at radius 2 is 1.49 bits per heavy atom. The minimum atomic E-state index is -0.405. The molecule has 43 heavy (non-hydrogen) atoms. The standard InChI is InChI=1S/C35H36N4O4/c1-35(2)23-26(22-28(24-35)32-33(38-43-34(32)42)27-6-4-3-5-7-27)9-8-25-10-12-29(13-11-25)36-37-30-14-16-31(17-15-30)39(18-20-40)19-21-41/h3-17,22,40-41H,18-21,23-24H2,1-2H3/b9-8+,32-28+,37-36?. The van der Waals surface area contributed by atoms with Gasteiger partial charge in [0.05, 0.1) is 30.2 Å². The molecule has 2 N–H and O–H groups in total. The second-order valence-electron chi connectivity index (χ2n) is 11.4. The molecule has 0 saturated carbocycles. The van der Waals surface area contributed by atoms with Crippen molar-refractivity contribution in [3.8, 4) is 0 Å².